The number of amidine groups is 1. The zero-order valence-corrected chi connectivity index (χ0v) is 22.7. The smallest absolute Gasteiger partial charge is 0.338 e. The fraction of sp³-hybridized carbons (Fsp3) is 0.393. The van der Waals surface area contributed by atoms with Gasteiger partial charge in [0.1, 0.15) is 11.5 Å². The topological polar surface area (TPSA) is 89.5 Å². The van der Waals surface area contributed by atoms with Gasteiger partial charge in [-0.25, -0.2) is 9.79 Å². The lowest BCUT2D eigenvalue weighted by Crippen LogP contribution is -2.42. The number of benzene rings is 2. The molecule has 0 bridgehead atoms. The summed E-state index contributed by atoms with van der Waals surface area (Å²) in [6.07, 6.45) is 1.01. The van der Waals surface area contributed by atoms with Crippen LogP contribution in [0.3, 0.4) is 0 Å². The van der Waals surface area contributed by atoms with Crippen LogP contribution in [0.2, 0.25) is 0 Å². The number of esters is 1. The average molecular weight is 524 g/mol. The maximum Gasteiger partial charge on any atom is 0.338 e. The molecular weight excluding hydrogens is 490 g/mol. The minimum atomic E-state index is -0.335. The maximum atomic E-state index is 13.2. The Kier molecular flexibility index (Phi) is 8.43. The molecule has 2 aromatic carbocycles. The Morgan fingerprint density at radius 2 is 1.89 bits per heavy atom. The molecule has 0 saturated carbocycles. The van der Waals surface area contributed by atoms with Crippen LogP contribution in [0.5, 0.6) is 11.5 Å². The Bertz CT molecular complexity index is 1220. The Morgan fingerprint density at radius 3 is 2.57 bits per heavy atom. The number of rotatable bonds is 8. The van der Waals surface area contributed by atoms with Gasteiger partial charge in [-0.1, -0.05) is 37.7 Å². The lowest BCUT2D eigenvalue weighted by molar-refractivity contribution is -0.140. The molecular formula is C28H33N3O5S. The SMILES string of the molecule is COc1ccc(C(=O)Nc2ccc(C3C(C(=O)OCC(C)C)=C(C)N=C4SCCCN43)cc2)c(OC)c1. The van der Waals surface area contributed by atoms with E-state index < -0.39 is 0 Å². The van der Waals surface area contributed by atoms with E-state index in [1.807, 2.05) is 45.0 Å². The number of hydrogen-bond acceptors (Lipinski definition) is 8. The van der Waals surface area contributed by atoms with Crippen LogP contribution in [0.1, 0.15) is 49.2 Å². The molecule has 1 amide bonds. The van der Waals surface area contributed by atoms with E-state index in [1.54, 1.807) is 37.1 Å². The van der Waals surface area contributed by atoms with Crippen molar-refractivity contribution in [2.45, 2.75) is 33.2 Å². The van der Waals surface area contributed by atoms with Gasteiger partial charge in [-0.15, -0.1) is 0 Å². The van der Waals surface area contributed by atoms with Crippen LogP contribution < -0.4 is 14.8 Å². The van der Waals surface area contributed by atoms with Crippen molar-refractivity contribution in [2.24, 2.45) is 10.9 Å². The molecule has 0 radical (unpaired) electrons. The summed E-state index contributed by atoms with van der Waals surface area (Å²) in [5, 5.41) is 3.86. The zero-order valence-electron chi connectivity index (χ0n) is 21.9. The van der Waals surface area contributed by atoms with Crippen LogP contribution in [-0.4, -0.2) is 55.1 Å². The number of hydrogen-bond donors (Lipinski definition) is 1. The second-order valence-corrected chi connectivity index (χ2v) is 10.4. The predicted molar refractivity (Wildman–Crippen MR) is 146 cm³/mol. The molecule has 1 atom stereocenters. The van der Waals surface area contributed by atoms with Crippen molar-refractivity contribution in [1.82, 2.24) is 4.90 Å². The second kappa shape index (κ2) is 11.7. The second-order valence-electron chi connectivity index (χ2n) is 9.33. The number of aliphatic imine (C=N–C) groups is 1. The van der Waals surface area contributed by atoms with Crippen molar-refractivity contribution < 1.29 is 23.8 Å². The quantitative estimate of drug-likeness (QED) is 0.471. The molecule has 2 aromatic rings. The van der Waals surface area contributed by atoms with Gasteiger partial charge in [0.25, 0.3) is 5.91 Å². The highest BCUT2D eigenvalue weighted by molar-refractivity contribution is 8.13. The molecule has 8 nitrogen and oxygen atoms in total. The first-order chi connectivity index (χ1) is 17.8. The third-order valence-corrected chi connectivity index (χ3v) is 7.24. The van der Waals surface area contributed by atoms with Crippen molar-refractivity contribution in [3.63, 3.8) is 0 Å². The Morgan fingerprint density at radius 1 is 1.14 bits per heavy atom. The van der Waals surface area contributed by atoms with E-state index in [0.717, 1.165) is 29.4 Å². The molecule has 1 saturated heterocycles. The van der Waals surface area contributed by atoms with Crippen molar-refractivity contribution in [1.29, 1.82) is 0 Å². The van der Waals surface area contributed by atoms with Crippen molar-refractivity contribution in [3.8, 4) is 11.5 Å². The van der Waals surface area contributed by atoms with E-state index >= 15 is 0 Å². The van der Waals surface area contributed by atoms with Crippen molar-refractivity contribution in [3.05, 3.63) is 64.9 Å². The number of nitrogens with zero attached hydrogens (tertiary/aromatic N) is 2. The largest absolute Gasteiger partial charge is 0.497 e. The first kappa shape index (κ1) is 26.6. The van der Waals surface area contributed by atoms with Crippen molar-refractivity contribution in [2.75, 3.05) is 38.4 Å². The third-order valence-electron chi connectivity index (χ3n) is 6.16. The molecule has 1 unspecified atom stereocenters. The highest BCUT2D eigenvalue weighted by Crippen LogP contribution is 2.40. The van der Waals surface area contributed by atoms with Gasteiger partial charge in [0.15, 0.2) is 5.17 Å². The standard InChI is InChI=1S/C28H33N3O5S/c1-17(2)16-36-27(33)24-18(3)29-28-31(13-6-14-37-28)25(24)19-7-9-20(10-8-19)30-26(32)22-12-11-21(34-4)15-23(22)35-5/h7-12,15,17,25H,6,13-14,16H2,1-5H3,(H,30,32). The monoisotopic (exact) mass is 523 g/mol. The molecule has 0 aliphatic carbocycles. The Hall–Kier alpha value is -3.46. The summed E-state index contributed by atoms with van der Waals surface area (Å²) < 4.78 is 16.2. The number of amides is 1. The summed E-state index contributed by atoms with van der Waals surface area (Å²) in [6.45, 7) is 7.06. The lowest BCUT2D eigenvalue weighted by Gasteiger charge is -2.40. The number of anilines is 1. The normalized spacial score (nSPS) is 17.2. The van der Waals surface area contributed by atoms with E-state index in [0.29, 0.717) is 40.6 Å². The fourth-order valence-electron chi connectivity index (χ4n) is 4.33. The van der Waals surface area contributed by atoms with Gasteiger partial charge in [-0.3, -0.25) is 4.79 Å². The van der Waals surface area contributed by atoms with Crippen molar-refractivity contribution >= 4 is 34.5 Å². The minimum Gasteiger partial charge on any atom is -0.497 e. The van der Waals surface area contributed by atoms with E-state index in [-0.39, 0.29) is 23.8 Å². The number of nitrogens with one attached hydrogen (secondary N) is 1. The maximum absolute atomic E-state index is 13.2. The first-order valence-corrected chi connectivity index (χ1v) is 13.3. The number of fused-ring (bicyclic) bond motifs is 1. The third kappa shape index (κ3) is 5.93. The van der Waals surface area contributed by atoms with Gasteiger partial charge in [-0.2, -0.15) is 0 Å². The van der Waals surface area contributed by atoms with Crippen LogP contribution >= 0.6 is 11.8 Å². The molecule has 2 heterocycles. The number of thioether (sulfide) groups is 1. The van der Waals surface area contributed by atoms with Crippen LogP contribution in [-0.2, 0) is 9.53 Å². The molecule has 2 aliphatic rings. The summed E-state index contributed by atoms with van der Waals surface area (Å²) in [6, 6.07) is 12.3. The summed E-state index contributed by atoms with van der Waals surface area (Å²) >= 11 is 1.71. The Balaban J connectivity index is 1.59. The number of allylic oxidation sites excluding steroid dienone is 1. The molecule has 0 spiro atoms. The van der Waals surface area contributed by atoms with Gasteiger partial charge < -0.3 is 24.4 Å². The highest BCUT2D eigenvalue weighted by atomic mass is 32.2. The zero-order chi connectivity index (χ0) is 26.5. The van der Waals surface area contributed by atoms with Crippen LogP contribution in [0.4, 0.5) is 5.69 Å². The number of carbonyl (C=O) groups is 2. The van der Waals surface area contributed by atoms with Crippen LogP contribution in [0.25, 0.3) is 0 Å². The summed E-state index contributed by atoms with van der Waals surface area (Å²) in [5.41, 5.74) is 3.22. The van der Waals surface area contributed by atoms with Crippen LogP contribution in [0.15, 0.2) is 58.7 Å². The van der Waals surface area contributed by atoms with Gasteiger partial charge in [0.05, 0.1) is 43.7 Å². The van der Waals surface area contributed by atoms with Gasteiger partial charge in [-0.05, 0) is 49.1 Å². The van der Waals surface area contributed by atoms with E-state index in [9.17, 15) is 9.59 Å². The number of methoxy groups -OCH3 is 2. The van der Waals surface area contributed by atoms with E-state index in [2.05, 4.69) is 10.2 Å². The van der Waals surface area contributed by atoms with Crippen LogP contribution in [0, 0.1) is 5.92 Å². The molecule has 2 aliphatic heterocycles. The van der Waals surface area contributed by atoms with E-state index in [4.69, 9.17) is 19.2 Å². The molecule has 196 valence electrons. The highest BCUT2D eigenvalue weighted by Gasteiger charge is 2.38. The van der Waals surface area contributed by atoms with Gasteiger partial charge >= 0.3 is 5.97 Å². The molecule has 9 heteroatoms. The Labute approximate surface area is 222 Å². The summed E-state index contributed by atoms with van der Waals surface area (Å²) in [5.74, 6) is 1.65. The van der Waals surface area contributed by atoms with E-state index in [1.165, 1.54) is 7.11 Å². The average Bonchev–Trinajstić information content (AvgIpc) is 2.91. The fourth-order valence-corrected chi connectivity index (χ4v) is 5.35. The summed E-state index contributed by atoms with van der Waals surface area (Å²) in [7, 11) is 3.08. The number of carbonyl (C=O) groups excluding carboxylic acids is 2. The molecule has 1 fully saturated rings. The summed E-state index contributed by atoms with van der Waals surface area (Å²) in [4.78, 5) is 33.1. The predicted octanol–water partition coefficient (Wildman–Crippen LogP) is 5.28. The molecule has 37 heavy (non-hydrogen) atoms. The molecule has 4 rings (SSSR count). The van der Waals surface area contributed by atoms with Gasteiger partial charge in [0.2, 0.25) is 0 Å². The number of ether oxygens (including phenoxy) is 3. The molecule has 1 N–H and O–H groups in total. The van der Waals surface area contributed by atoms with Gasteiger partial charge in [0, 0.05) is 24.1 Å². The molecule has 0 aromatic heterocycles. The lowest BCUT2D eigenvalue weighted by atomic mass is 9.94. The first-order valence-electron chi connectivity index (χ1n) is 12.3. The minimum absolute atomic E-state index is 0.240.